The van der Waals surface area contributed by atoms with E-state index < -0.39 is 0 Å². The van der Waals surface area contributed by atoms with Crippen LogP contribution in [0.2, 0.25) is 5.28 Å². The van der Waals surface area contributed by atoms with E-state index in [4.69, 9.17) is 16.3 Å². The molecule has 0 aromatic carbocycles. The topological polar surface area (TPSA) is 39.9 Å². The van der Waals surface area contributed by atoms with Gasteiger partial charge in [0, 0.05) is 13.0 Å². The molecule has 1 aromatic rings. The quantitative estimate of drug-likeness (QED) is 0.795. The lowest BCUT2D eigenvalue weighted by atomic mass is 10.1. The van der Waals surface area contributed by atoms with E-state index in [0.717, 1.165) is 5.82 Å². The monoisotopic (exact) mass is 229 g/mol. The van der Waals surface area contributed by atoms with Crippen LogP contribution in [-0.4, -0.2) is 28.5 Å². The van der Waals surface area contributed by atoms with E-state index in [2.05, 4.69) is 24.0 Å². The Morgan fingerprint density at radius 2 is 2.13 bits per heavy atom. The van der Waals surface area contributed by atoms with Gasteiger partial charge in [0.15, 0.2) is 0 Å². The largest absolute Gasteiger partial charge is 0.382 e. The number of hydrogen-bond acceptors (Lipinski definition) is 3. The molecule has 0 saturated heterocycles. The maximum Gasteiger partial charge on any atom is 0.225 e. The van der Waals surface area contributed by atoms with Crippen molar-refractivity contribution in [3.63, 3.8) is 0 Å². The zero-order valence-corrected chi connectivity index (χ0v) is 10.1. The van der Waals surface area contributed by atoms with Gasteiger partial charge >= 0.3 is 0 Å². The first-order valence-electron chi connectivity index (χ1n) is 5.16. The molecular weight excluding hydrogens is 214 g/mol. The van der Waals surface area contributed by atoms with Gasteiger partial charge in [0.25, 0.3) is 0 Å². The smallest absolute Gasteiger partial charge is 0.225 e. The SMILES string of the molecule is COCC(C)(C)n1c(Cl)nnc1C1CC1. The number of aromatic nitrogens is 3. The maximum absolute atomic E-state index is 6.07. The molecule has 84 valence electrons. The Kier molecular flexibility index (Phi) is 2.73. The van der Waals surface area contributed by atoms with Crippen molar-refractivity contribution >= 4 is 11.6 Å². The van der Waals surface area contributed by atoms with Crippen LogP contribution in [-0.2, 0) is 10.3 Å². The van der Waals surface area contributed by atoms with E-state index >= 15 is 0 Å². The Balaban J connectivity index is 2.36. The highest BCUT2D eigenvalue weighted by molar-refractivity contribution is 6.28. The molecule has 1 aromatic heterocycles. The molecule has 0 atom stereocenters. The first kappa shape index (κ1) is 10.9. The Hall–Kier alpha value is -0.610. The van der Waals surface area contributed by atoms with Crippen molar-refractivity contribution in [2.24, 2.45) is 0 Å². The molecule has 4 nitrogen and oxygen atoms in total. The van der Waals surface area contributed by atoms with Gasteiger partial charge < -0.3 is 4.74 Å². The summed E-state index contributed by atoms with van der Waals surface area (Å²) in [5.74, 6) is 1.54. The lowest BCUT2D eigenvalue weighted by Crippen LogP contribution is -2.33. The summed E-state index contributed by atoms with van der Waals surface area (Å²) in [4.78, 5) is 0. The van der Waals surface area contributed by atoms with E-state index in [1.165, 1.54) is 12.8 Å². The third-order valence-corrected chi connectivity index (χ3v) is 2.94. The molecule has 0 unspecified atom stereocenters. The number of halogens is 1. The molecule has 0 bridgehead atoms. The van der Waals surface area contributed by atoms with Crippen molar-refractivity contribution < 1.29 is 4.74 Å². The predicted molar refractivity (Wildman–Crippen MR) is 58.2 cm³/mol. The average molecular weight is 230 g/mol. The average Bonchev–Trinajstić information content (AvgIpc) is 2.89. The number of ether oxygens (including phenoxy) is 1. The number of methoxy groups -OCH3 is 1. The van der Waals surface area contributed by atoms with Crippen LogP contribution in [0, 0.1) is 0 Å². The van der Waals surface area contributed by atoms with Crippen molar-refractivity contribution in [2.75, 3.05) is 13.7 Å². The second-order valence-electron chi connectivity index (χ2n) is 4.68. The molecular formula is C10H16ClN3O. The molecule has 0 amide bonds. The fourth-order valence-corrected chi connectivity index (χ4v) is 2.21. The summed E-state index contributed by atoms with van der Waals surface area (Å²) in [6.07, 6.45) is 2.39. The predicted octanol–water partition coefficient (Wildman–Crippen LogP) is 2.19. The van der Waals surface area contributed by atoms with E-state index in [1.54, 1.807) is 7.11 Å². The maximum atomic E-state index is 6.07. The highest BCUT2D eigenvalue weighted by Gasteiger charge is 2.35. The molecule has 0 radical (unpaired) electrons. The van der Waals surface area contributed by atoms with Gasteiger partial charge in [-0.15, -0.1) is 10.2 Å². The minimum Gasteiger partial charge on any atom is -0.382 e. The molecule has 1 heterocycles. The Labute approximate surface area is 94.6 Å². The summed E-state index contributed by atoms with van der Waals surface area (Å²) >= 11 is 6.07. The van der Waals surface area contributed by atoms with E-state index in [-0.39, 0.29) is 5.54 Å². The van der Waals surface area contributed by atoms with Crippen molar-refractivity contribution in [1.29, 1.82) is 0 Å². The van der Waals surface area contributed by atoms with Gasteiger partial charge in [-0.2, -0.15) is 0 Å². The van der Waals surface area contributed by atoms with Crippen LogP contribution in [0.3, 0.4) is 0 Å². The van der Waals surface area contributed by atoms with Crippen LogP contribution in [0.4, 0.5) is 0 Å². The standard InChI is InChI=1S/C10H16ClN3O/c1-10(2,6-15-3)14-8(7-4-5-7)12-13-9(14)11/h7H,4-6H2,1-3H3. The molecule has 5 heteroatoms. The molecule has 15 heavy (non-hydrogen) atoms. The number of nitrogens with zero attached hydrogens (tertiary/aromatic N) is 3. The lowest BCUT2D eigenvalue weighted by molar-refractivity contribution is 0.107. The molecule has 0 N–H and O–H groups in total. The van der Waals surface area contributed by atoms with Gasteiger partial charge in [-0.3, -0.25) is 4.57 Å². The van der Waals surface area contributed by atoms with Gasteiger partial charge in [-0.25, -0.2) is 0 Å². The zero-order valence-electron chi connectivity index (χ0n) is 9.33. The fraction of sp³-hybridized carbons (Fsp3) is 0.800. The summed E-state index contributed by atoms with van der Waals surface area (Å²) in [5.41, 5.74) is -0.187. The van der Waals surface area contributed by atoms with Crippen LogP contribution in [0.5, 0.6) is 0 Å². The molecule has 0 aliphatic heterocycles. The molecule has 1 fully saturated rings. The minimum absolute atomic E-state index is 0.187. The third-order valence-electron chi connectivity index (χ3n) is 2.69. The van der Waals surface area contributed by atoms with Gasteiger partial charge in [0.2, 0.25) is 5.28 Å². The van der Waals surface area contributed by atoms with Crippen molar-refractivity contribution in [3.05, 3.63) is 11.1 Å². The first-order valence-corrected chi connectivity index (χ1v) is 5.54. The summed E-state index contributed by atoms with van der Waals surface area (Å²) in [5, 5.41) is 8.56. The van der Waals surface area contributed by atoms with E-state index in [9.17, 15) is 0 Å². The van der Waals surface area contributed by atoms with Crippen LogP contribution in [0.15, 0.2) is 0 Å². The summed E-state index contributed by atoms with van der Waals surface area (Å²) in [7, 11) is 1.69. The molecule has 1 aliphatic rings. The van der Waals surface area contributed by atoms with Gasteiger partial charge in [-0.05, 0) is 38.3 Å². The summed E-state index contributed by atoms with van der Waals surface area (Å²) in [6, 6.07) is 0. The van der Waals surface area contributed by atoms with E-state index in [0.29, 0.717) is 17.8 Å². The molecule has 0 spiro atoms. The second kappa shape index (κ2) is 3.76. The minimum atomic E-state index is -0.187. The molecule has 1 saturated carbocycles. The Bertz CT molecular complexity index is 358. The molecule has 2 rings (SSSR count). The Morgan fingerprint density at radius 3 is 2.67 bits per heavy atom. The molecule has 1 aliphatic carbocycles. The van der Waals surface area contributed by atoms with Crippen molar-refractivity contribution in [1.82, 2.24) is 14.8 Å². The van der Waals surface area contributed by atoms with Crippen LogP contribution >= 0.6 is 11.6 Å². The second-order valence-corrected chi connectivity index (χ2v) is 5.02. The number of rotatable bonds is 4. The van der Waals surface area contributed by atoms with Crippen LogP contribution in [0.25, 0.3) is 0 Å². The normalized spacial score (nSPS) is 17.1. The van der Waals surface area contributed by atoms with Crippen molar-refractivity contribution in [2.45, 2.75) is 38.1 Å². The highest BCUT2D eigenvalue weighted by atomic mass is 35.5. The van der Waals surface area contributed by atoms with Crippen LogP contribution < -0.4 is 0 Å². The Morgan fingerprint density at radius 1 is 1.47 bits per heavy atom. The van der Waals surface area contributed by atoms with Crippen molar-refractivity contribution in [3.8, 4) is 0 Å². The zero-order chi connectivity index (χ0) is 11.1. The van der Waals surface area contributed by atoms with E-state index in [1.807, 2.05) is 4.57 Å². The first-order chi connectivity index (χ1) is 7.06. The van der Waals surface area contributed by atoms with Gasteiger partial charge in [-0.1, -0.05) is 0 Å². The lowest BCUT2D eigenvalue weighted by Gasteiger charge is -2.27. The third kappa shape index (κ3) is 2.01. The highest BCUT2D eigenvalue weighted by Crippen LogP contribution is 2.41. The summed E-state index contributed by atoms with van der Waals surface area (Å²) < 4.78 is 7.20. The van der Waals surface area contributed by atoms with Gasteiger partial charge in [0.1, 0.15) is 5.82 Å². The van der Waals surface area contributed by atoms with Crippen LogP contribution in [0.1, 0.15) is 38.4 Å². The fourth-order valence-electron chi connectivity index (χ4n) is 1.86. The van der Waals surface area contributed by atoms with Gasteiger partial charge in [0.05, 0.1) is 12.1 Å². The number of hydrogen-bond donors (Lipinski definition) is 0. The summed E-state index contributed by atoms with van der Waals surface area (Å²) in [6.45, 7) is 4.76.